The third kappa shape index (κ3) is 4.21. The Balaban J connectivity index is 1.38. The summed E-state index contributed by atoms with van der Waals surface area (Å²) in [7, 11) is 0. The highest BCUT2D eigenvalue weighted by Crippen LogP contribution is 2.52. The monoisotopic (exact) mass is 565 g/mol. The SMILES string of the molecule is C[C@H](CC1(c2nn[nH]n2)c2sc(C(N)=O)cc2CCc2cc(C(N)=O)sc21)NCC(=O)N1C(C#N)C[C@@H]2C[C@@H]21. The Hall–Kier alpha value is -3.67. The van der Waals surface area contributed by atoms with E-state index in [1.54, 1.807) is 4.90 Å². The lowest BCUT2D eigenvalue weighted by atomic mass is 9.76. The second-order valence-electron chi connectivity index (χ2n) is 10.5. The van der Waals surface area contributed by atoms with E-state index in [1.165, 1.54) is 22.7 Å². The number of thiophene rings is 2. The first-order valence-electron chi connectivity index (χ1n) is 12.8. The molecular weight excluding hydrogens is 538 g/mol. The Kier molecular flexibility index (Phi) is 6.24. The number of primary amides is 2. The van der Waals surface area contributed by atoms with E-state index in [-0.39, 0.29) is 30.6 Å². The summed E-state index contributed by atoms with van der Waals surface area (Å²) >= 11 is 2.59. The van der Waals surface area contributed by atoms with Crippen LogP contribution in [0.1, 0.15) is 72.2 Å². The van der Waals surface area contributed by atoms with Crippen molar-refractivity contribution in [1.29, 1.82) is 5.26 Å². The number of carbonyl (C=O) groups excluding carboxylic acids is 3. The number of hydrogen-bond donors (Lipinski definition) is 4. The van der Waals surface area contributed by atoms with Gasteiger partial charge in [-0.2, -0.15) is 10.5 Å². The van der Waals surface area contributed by atoms with Gasteiger partial charge in [0.2, 0.25) is 5.91 Å². The van der Waals surface area contributed by atoms with Gasteiger partial charge in [0.1, 0.15) is 11.5 Å². The van der Waals surface area contributed by atoms with Crippen molar-refractivity contribution < 1.29 is 14.4 Å². The number of aryl methyl sites for hydroxylation is 2. The summed E-state index contributed by atoms with van der Waals surface area (Å²) in [6, 6.07) is 5.49. The highest BCUT2D eigenvalue weighted by Gasteiger charge is 2.54. The largest absolute Gasteiger partial charge is 0.365 e. The average Bonchev–Trinajstić information content (AvgIpc) is 3.42. The maximum Gasteiger partial charge on any atom is 0.258 e. The zero-order chi connectivity index (χ0) is 27.5. The highest BCUT2D eigenvalue weighted by molar-refractivity contribution is 7.16. The fourth-order valence-electron chi connectivity index (χ4n) is 6.20. The van der Waals surface area contributed by atoms with E-state index in [1.807, 2.05) is 19.1 Å². The van der Waals surface area contributed by atoms with E-state index >= 15 is 0 Å². The van der Waals surface area contributed by atoms with Crippen molar-refractivity contribution in [3.63, 3.8) is 0 Å². The predicted molar refractivity (Wildman–Crippen MR) is 142 cm³/mol. The van der Waals surface area contributed by atoms with Gasteiger partial charge in [-0.3, -0.25) is 14.4 Å². The number of nitriles is 1. The van der Waals surface area contributed by atoms with Crippen molar-refractivity contribution in [3.05, 3.63) is 48.6 Å². The lowest BCUT2D eigenvalue weighted by Gasteiger charge is -2.33. The summed E-state index contributed by atoms with van der Waals surface area (Å²) in [5.41, 5.74) is 12.3. The minimum Gasteiger partial charge on any atom is -0.365 e. The van der Waals surface area contributed by atoms with Crippen LogP contribution in [0.3, 0.4) is 0 Å². The summed E-state index contributed by atoms with van der Waals surface area (Å²) in [6.45, 7) is 2.05. The first-order chi connectivity index (χ1) is 18.7. The van der Waals surface area contributed by atoms with Gasteiger partial charge in [0.05, 0.1) is 22.4 Å². The Morgan fingerprint density at radius 2 is 1.82 bits per heavy atom. The molecule has 2 fully saturated rings. The lowest BCUT2D eigenvalue weighted by Crippen LogP contribution is -2.46. The Bertz CT molecular complexity index is 1440. The van der Waals surface area contributed by atoms with Gasteiger partial charge in [0.15, 0.2) is 5.82 Å². The van der Waals surface area contributed by atoms with Gasteiger partial charge in [-0.05, 0) is 68.2 Å². The van der Waals surface area contributed by atoms with Crippen LogP contribution >= 0.6 is 22.7 Å². The van der Waals surface area contributed by atoms with Gasteiger partial charge < -0.3 is 21.7 Å². The van der Waals surface area contributed by atoms with E-state index < -0.39 is 17.2 Å². The van der Waals surface area contributed by atoms with Gasteiger partial charge in [-0.25, -0.2) is 0 Å². The number of amides is 3. The average molecular weight is 566 g/mol. The van der Waals surface area contributed by atoms with Crippen LogP contribution in [0.15, 0.2) is 12.1 Å². The number of nitrogens with one attached hydrogen (secondary N) is 2. The summed E-state index contributed by atoms with van der Waals surface area (Å²) in [4.78, 5) is 41.8. The van der Waals surface area contributed by atoms with E-state index in [4.69, 9.17) is 11.5 Å². The topological polar surface area (TPSA) is 197 Å². The summed E-state index contributed by atoms with van der Waals surface area (Å²) in [5.74, 6) is -0.294. The number of likely N-dealkylation sites (tertiary alicyclic amines) is 1. The smallest absolute Gasteiger partial charge is 0.258 e. The third-order valence-electron chi connectivity index (χ3n) is 8.03. The molecule has 3 aromatic heterocycles. The van der Waals surface area contributed by atoms with E-state index in [0.717, 1.165) is 33.7 Å². The number of H-pyrrole nitrogens is 1. The van der Waals surface area contributed by atoms with Crippen LogP contribution < -0.4 is 16.8 Å². The third-order valence-corrected chi connectivity index (χ3v) is 10.7. The van der Waals surface area contributed by atoms with Crippen LogP contribution in [0, 0.1) is 17.2 Å². The van der Waals surface area contributed by atoms with E-state index in [0.29, 0.717) is 40.8 Å². The zero-order valence-electron chi connectivity index (χ0n) is 21.1. The molecule has 6 rings (SSSR count). The standard InChI is InChI=1S/C25H27N9O3S2/c1-11(29-10-19(35)34-15(9-26)4-14-5-16(14)34)8-25(24-30-32-33-31-24)20-12(6-17(38-20)22(27)36)2-3-13-7-18(23(28)37)39-21(13)25/h6-7,11,14-16,29H,2-5,8,10H2,1H3,(H2,27,36)(H2,28,37)(H,30,31,32,33)/t11-,14-,15?,16+/m1/s1. The number of tetrazole rings is 1. The summed E-state index contributed by atoms with van der Waals surface area (Å²) in [6.07, 6.45) is 3.39. The number of carbonyl (C=O) groups is 3. The van der Waals surface area contributed by atoms with Gasteiger partial charge in [-0.1, -0.05) is 5.21 Å². The Morgan fingerprint density at radius 3 is 2.36 bits per heavy atom. The predicted octanol–water partition coefficient (Wildman–Crippen LogP) is 0.835. The number of nitrogens with two attached hydrogens (primary N) is 2. The molecule has 4 heterocycles. The fourth-order valence-corrected chi connectivity index (χ4v) is 8.80. The van der Waals surface area contributed by atoms with Crippen molar-refractivity contribution in [2.24, 2.45) is 17.4 Å². The summed E-state index contributed by atoms with van der Waals surface area (Å²) < 4.78 is 0. The minimum atomic E-state index is -0.967. The first-order valence-corrected chi connectivity index (χ1v) is 14.4. The molecule has 3 aromatic rings. The molecule has 1 saturated heterocycles. The van der Waals surface area contributed by atoms with Gasteiger partial charge in [0.25, 0.3) is 11.8 Å². The van der Waals surface area contributed by atoms with E-state index in [9.17, 15) is 19.6 Å². The first kappa shape index (κ1) is 25.6. The normalized spacial score (nSPS) is 23.2. The van der Waals surface area contributed by atoms with Crippen molar-refractivity contribution >= 4 is 40.4 Å². The fraction of sp³-hybridized carbons (Fsp3) is 0.480. The molecule has 12 nitrogen and oxygen atoms in total. The van der Waals surface area contributed by atoms with Crippen LogP contribution in [0.2, 0.25) is 0 Å². The lowest BCUT2D eigenvalue weighted by molar-refractivity contribution is -0.131. The zero-order valence-corrected chi connectivity index (χ0v) is 22.8. The maximum absolute atomic E-state index is 13.1. The van der Waals surface area contributed by atoms with E-state index in [2.05, 4.69) is 32.0 Å². The molecule has 39 heavy (non-hydrogen) atoms. The quantitative estimate of drug-likeness (QED) is 0.308. The molecule has 1 aliphatic heterocycles. The van der Waals surface area contributed by atoms with Crippen molar-refractivity contribution in [3.8, 4) is 6.07 Å². The Labute approximate surface area is 231 Å². The number of piperidine rings is 1. The van der Waals surface area contributed by atoms with Crippen LogP contribution in [0.4, 0.5) is 0 Å². The molecular formula is C25H27N9O3S2. The molecule has 202 valence electrons. The molecule has 3 amide bonds. The number of hydrogen-bond acceptors (Lipinski definition) is 10. The van der Waals surface area contributed by atoms with Crippen molar-refractivity contribution in [2.75, 3.05) is 6.54 Å². The van der Waals surface area contributed by atoms with Crippen LogP contribution in [-0.2, 0) is 23.1 Å². The van der Waals surface area contributed by atoms with Gasteiger partial charge in [0, 0.05) is 21.8 Å². The van der Waals surface area contributed by atoms with Gasteiger partial charge >= 0.3 is 0 Å². The molecule has 3 aliphatic rings. The molecule has 0 bridgehead atoms. The van der Waals surface area contributed by atoms with Crippen molar-refractivity contribution in [2.45, 2.75) is 62.6 Å². The molecule has 4 atom stereocenters. The molecule has 6 N–H and O–H groups in total. The second-order valence-corrected chi connectivity index (χ2v) is 12.6. The van der Waals surface area contributed by atoms with Gasteiger partial charge in [-0.15, -0.1) is 32.9 Å². The Morgan fingerprint density at radius 1 is 1.18 bits per heavy atom. The number of rotatable bonds is 8. The molecule has 14 heteroatoms. The second kappa shape index (κ2) is 9.51. The maximum atomic E-state index is 13.1. The van der Waals surface area contributed by atoms with Crippen LogP contribution in [-0.4, -0.2) is 67.9 Å². The highest BCUT2D eigenvalue weighted by atomic mass is 32.1. The summed E-state index contributed by atoms with van der Waals surface area (Å²) in [5, 5.41) is 28.1. The molecule has 0 spiro atoms. The number of fused-ring (bicyclic) bond motifs is 3. The molecule has 0 radical (unpaired) electrons. The number of aromatic amines is 1. The van der Waals surface area contributed by atoms with Crippen LogP contribution in [0.25, 0.3) is 0 Å². The molecule has 2 aliphatic carbocycles. The minimum absolute atomic E-state index is 0.0819. The van der Waals surface area contributed by atoms with Crippen LogP contribution in [0.5, 0.6) is 0 Å². The molecule has 1 unspecified atom stereocenters. The molecule has 0 aromatic carbocycles. The number of nitrogens with zero attached hydrogens (tertiary/aromatic N) is 5. The van der Waals surface area contributed by atoms with Crippen molar-refractivity contribution in [1.82, 2.24) is 30.8 Å². The molecule has 1 saturated carbocycles. The number of aromatic nitrogens is 4.